The molecule has 1 N–H and O–H groups in total. The van der Waals surface area contributed by atoms with Gasteiger partial charge in [0.15, 0.2) is 0 Å². The van der Waals surface area contributed by atoms with Crippen LogP contribution in [0.1, 0.15) is 96.1 Å². The van der Waals surface area contributed by atoms with Crippen LogP contribution in [0.2, 0.25) is 0 Å². The SMILES string of the molecule is CCCCCCCCCCCCn1ccc(C(O)CC)c1. The third kappa shape index (κ3) is 8.31. The van der Waals surface area contributed by atoms with E-state index in [-0.39, 0.29) is 6.10 Å². The van der Waals surface area contributed by atoms with E-state index in [2.05, 4.69) is 23.9 Å². The number of aliphatic hydroxyl groups excluding tert-OH is 1. The zero-order valence-corrected chi connectivity index (χ0v) is 14.2. The number of unbranched alkanes of at least 4 members (excludes halogenated alkanes) is 9. The minimum Gasteiger partial charge on any atom is -0.388 e. The van der Waals surface area contributed by atoms with Gasteiger partial charge in [-0.05, 0) is 24.5 Å². The molecule has 0 aliphatic heterocycles. The van der Waals surface area contributed by atoms with Gasteiger partial charge in [0, 0.05) is 18.9 Å². The van der Waals surface area contributed by atoms with Crippen LogP contribution in [-0.4, -0.2) is 9.67 Å². The summed E-state index contributed by atoms with van der Waals surface area (Å²) in [7, 11) is 0. The van der Waals surface area contributed by atoms with E-state index in [1.807, 2.05) is 13.0 Å². The molecule has 0 aliphatic rings. The largest absolute Gasteiger partial charge is 0.388 e. The fraction of sp³-hybridized carbons (Fsp3) is 0.789. The highest BCUT2D eigenvalue weighted by Gasteiger charge is 2.05. The molecule has 0 spiro atoms. The Morgan fingerprint density at radius 1 is 0.905 bits per heavy atom. The Morgan fingerprint density at radius 2 is 1.48 bits per heavy atom. The molecular formula is C19H35NO. The highest BCUT2D eigenvalue weighted by Crippen LogP contribution is 2.17. The Labute approximate surface area is 131 Å². The van der Waals surface area contributed by atoms with Gasteiger partial charge in [-0.15, -0.1) is 0 Å². The van der Waals surface area contributed by atoms with E-state index in [9.17, 15) is 5.11 Å². The van der Waals surface area contributed by atoms with Crippen molar-refractivity contribution in [3.8, 4) is 0 Å². The zero-order chi connectivity index (χ0) is 15.3. The minimum atomic E-state index is -0.293. The molecule has 122 valence electrons. The fourth-order valence-corrected chi connectivity index (χ4v) is 2.81. The molecule has 0 fully saturated rings. The Balaban J connectivity index is 1.95. The van der Waals surface area contributed by atoms with Gasteiger partial charge >= 0.3 is 0 Å². The molecule has 0 radical (unpaired) electrons. The molecular weight excluding hydrogens is 258 g/mol. The second-order valence-corrected chi connectivity index (χ2v) is 6.29. The predicted octanol–water partition coefficient (Wildman–Crippen LogP) is 5.85. The summed E-state index contributed by atoms with van der Waals surface area (Å²) in [5, 5.41) is 9.78. The summed E-state index contributed by atoms with van der Waals surface area (Å²) in [6.07, 6.45) is 18.5. The molecule has 0 bridgehead atoms. The van der Waals surface area contributed by atoms with Crippen LogP contribution in [0.25, 0.3) is 0 Å². The number of aliphatic hydroxyl groups is 1. The van der Waals surface area contributed by atoms with Crippen LogP contribution in [0, 0.1) is 0 Å². The van der Waals surface area contributed by atoms with Crippen LogP contribution >= 0.6 is 0 Å². The Bertz CT molecular complexity index is 345. The van der Waals surface area contributed by atoms with Crippen molar-refractivity contribution < 1.29 is 5.11 Å². The average molecular weight is 293 g/mol. The summed E-state index contributed by atoms with van der Waals surface area (Å²) in [6, 6.07) is 2.05. The van der Waals surface area contributed by atoms with E-state index >= 15 is 0 Å². The molecule has 0 amide bonds. The topological polar surface area (TPSA) is 25.2 Å². The fourth-order valence-electron chi connectivity index (χ4n) is 2.81. The maximum Gasteiger partial charge on any atom is 0.0802 e. The molecule has 1 rings (SSSR count). The molecule has 1 aromatic heterocycles. The van der Waals surface area contributed by atoms with Crippen molar-refractivity contribution in [2.45, 2.75) is 97.1 Å². The standard InChI is InChI=1S/C19H35NO/c1-3-5-6-7-8-9-10-11-12-13-15-20-16-14-18(17-20)19(21)4-2/h14,16-17,19,21H,3-13,15H2,1-2H3. The monoisotopic (exact) mass is 293 g/mol. The molecule has 2 nitrogen and oxygen atoms in total. The highest BCUT2D eigenvalue weighted by atomic mass is 16.3. The quantitative estimate of drug-likeness (QED) is 0.453. The van der Waals surface area contributed by atoms with Crippen molar-refractivity contribution in [1.82, 2.24) is 4.57 Å². The normalized spacial score (nSPS) is 12.7. The molecule has 0 saturated heterocycles. The molecule has 1 unspecified atom stereocenters. The molecule has 0 aromatic carbocycles. The lowest BCUT2D eigenvalue weighted by atomic mass is 10.1. The first-order chi connectivity index (χ1) is 10.3. The minimum absolute atomic E-state index is 0.293. The summed E-state index contributed by atoms with van der Waals surface area (Å²) in [5.74, 6) is 0. The Hall–Kier alpha value is -0.760. The number of hydrogen-bond donors (Lipinski definition) is 1. The summed E-state index contributed by atoms with van der Waals surface area (Å²) in [6.45, 7) is 5.38. The van der Waals surface area contributed by atoms with Gasteiger partial charge in [0.1, 0.15) is 0 Å². The summed E-state index contributed by atoms with van der Waals surface area (Å²) < 4.78 is 2.22. The van der Waals surface area contributed by atoms with Crippen molar-refractivity contribution in [3.63, 3.8) is 0 Å². The highest BCUT2D eigenvalue weighted by molar-refractivity contribution is 5.13. The maximum atomic E-state index is 9.78. The van der Waals surface area contributed by atoms with Gasteiger partial charge < -0.3 is 9.67 Å². The molecule has 1 atom stereocenters. The number of nitrogens with zero attached hydrogens (tertiary/aromatic N) is 1. The van der Waals surface area contributed by atoms with E-state index in [1.165, 1.54) is 64.2 Å². The summed E-state index contributed by atoms with van der Waals surface area (Å²) in [5.41, 5.74) is 1.06. The van der Waals surface area contributed by atoms with Crippen LogP contribution < -0.4 is 0 Å². The molecule has 0 saturated carbocycles. The van der Waals surface area contributed by atoms with Gasteiger partial charge in [0.2, 0.25) is 0 Å². The summed E-state index contributed by atoms with van der Waals surface area (Å²) in [4.78, 5) is 0. The van der Waals surface area contributed by atoms with E-state index in [1.54, 1.807) is 0 Å². The van der Waals surface area contributed by atoms with Crippen LogP contribution in [0.15, 0.2) is 18.5 Å². The summed E-state index contributed by atoms with van der Waals surface area (Å²) >= 11 is 0. The maximum absolute atomic E-state index is 9.78. The number of hydrogen-bond acceptors (Lipinski definition) is 1. The van der Waals surface area contributed by atoms with Crippen molar-refractivity contribution in [2.24, 2.45) is 0 Å². The number of rotatable bonds is 13. The van der Waals surface area contributed by atoms with E-state index in [0.717, 1.165) is 18.5 Å². The second kappa shape index (κ2) is 11.9. The first-order valence-electron chi connectivity index (χ1n) is 9.11. The molecule has 0 aliphatic carbocycles. The van der Waals surface area contributed by atoms with Gasteiger partial charge in [-0.3, -0.25) is 0 Å². The average Bonchev–Trinajstić information content (AvgIpc) is 2.97. The van der Waals surface area contributed by atoms with Crippen LogP contribution in [-0.2, 0) is 6.54 Å². The van der Waals surface area contributed by atoms with Crippen molar-refractivity contribution in [1.29, 1.82) is 0 Å². The van der Waals surface area contributed by atoms with Crippen molar-refractivity contribution >= 4 is 0 Å². The molecule has 2 heteroatoms. The first kappa shape index (κ1) is 18.3. The number of aromatic nitrogens is 1. The van der Waals surface area contributed by atoms with Gasteiger partial charge in [0.25, 0.3) is 0 Å². The van der Waals surface area contributed by atoms with Gasteiger partial charge in [-0.2, -0.15) is 0 Å². The first-order valence-corrected chi connectivity index (χ1v) is 9.11. The van der Waals surface area contributed by atoms with Gasteiger partial charge in [-0.1, -0.05) is 71.6 Å². The van der Waals surface area contributed by atoms with E-state index < -0.39 is 0 Å². The van der Waals surface area contributed by atoms with Gasteiger partial charge in [0.05, 0.1) is 6.10 Å². The lowest BCUT2D eigenvalue weighted by molar-refractivity contribution is 0.173. The van der Waals surface area contributed by atoms with Crippen molar-refractivity contribution in [2.75, 3.05) is 0 Å². The Kier molecular flexibility index (Phi) is 10.3. The lowest BCUT2D eigenvalue weighted by Crippen LogP contribution is -1.96. The molecule has 1 heterocycles. The van der Waals surface area contributed by atoms with E-state index in [0.29, 0.717) is 0 Å². The van der Waals surface area contributed by atoms with Crippen LogP contribution in [0.5, 0.6) is 0 Å². The third-order valence-corrected chi connectivity index (χ3v) is 4.31. The second-order valence-electron chi connectivity index (χ2n) is 6.29. The molecule has 21 heavy (non-hydrogen) atoms. The third-order valence-electron chi connectivity index (χ3n) is 4.31. The van der Waals surface area contributed by atoms with Crippen molar-refractivity contribution in [3.05, 3.63) is 24.0 Å². The van der Waals surface area contributed by atoms with E-state index in [4.69, 9.17) is 0 Å². The van der Waals surface area contributed by atoms with Crippen LogP contribution in [0.4, 0.5) is 0 Å². The zero-order valence-electron chi connectivity index (χ0n) is 14.2. The lowest BCUT2D eigenvalue weighted by Gasteiger charge is -2.05. The smallest absolute Gasteiger partial charge is 0.0802 e. The molecule has 1 aromatic rings. The Morgan fingerprint density at radius 3 is 2.05 bits per heavy atom. The predicted molar refractivity (Wildman–Crippen MR) is 91.5 cm³/mol. The van der Waals surface area contributed by atoms with Crippen LogP contribution in [0.3, 0.4) is 0 Å². The van der Waals surface area contributed by atoms with Gasteiger partial charge in [-0.25, -0.2) is 0 Å². The number of aryl methyl sites for hydroxylation is 1.